The average molecular weight is 379 g/mol. The minimum absolute atomic E-state index is 0.0228. The quantitative estimate of drug-likeness (QED) is 0.810. The molecule has 0 aliphatic carbocycles. The van der Waals surface area contributed by atoms with E-state index in [-0.39, 0.29) is 29.2 Å². The van der Waals surface area contributed by atoms with Crippen LogP contribution in [0.1, 0.15) is 31.9 Å². The predicted octanol–water partition coefficient (Wildman–Crippen LogP) is 3.12. The molecule has 1 fully saturated rings. The molecule has 6 nitrogen and oxygen atoms in total. The Morgan fingerprint density at radius 2 is 2.15 bits per heavy atom. The molecule has 1 aromatic heterocycles. The number of aromatic nitrogens is 2. The Morgan fingerprint density at radius 1 is 1.42 bits per heavy atom. The number of halogens is 2. The van der Waals surface area contributed by atoms with Gasteiger partial charge in [-0.1, -0.05) is 12.1 Å². The zero-order chi connectivity index (χ0) is 18.7. The highest BCUT2D eigenvalue weighted by Gasteiger charge is 2.27. The second-order valence-electron chi connectivity index (χ2n) is 6.28. The molecule has 8 heteroatoms. The number of carbonyl (C=O) groups is 1. The van der Waals surface area contributed by atoms with Gasteiger partial charge in [0.2, 0.25) is 11.2 Å². The molecule has 0 bridgehead atoms. The number of nitrogens with one attached hydrogen (secondary N) is 1. The third kappa shape index (κ3) is 4.40. The molecule has 0 unspecified atom stereocenters. The Labute approximate surface area is 156 Å². The first-order chi connectivity index (χ1) is 12.4. The van der Waals surface area contributed by atoms with Gasteiger partial charge in [-0.2, -0.15) is 4.98 Å². The summed E-state index contributed by atoms with van der Waals surface area (Å²) in [6, 6.07) is 7.53. The number of nitrogens with zero attached hydrogens (tertiary/aromatic N) is 3. The summed E-state index contributed by atoms with van der Waals surface area (Å²) in [5.41, 5.74) is 0.998. The summed E-state index contributed by atoms with van der Waals surface area (Å²) in [4.78, 5) is 20.5. The summed E-state index contributed by atoms with van der Waals surface area (Å²) in [6.45, 7) is 4.57. The molecule has 1 aliphatic rings. The van der Waals surface area contributed by atoms with E-state index in [1.807, 2.05) is 31.2 Å². The Hall–Kier alpha value is -2.41. The Bertz CT molecular complexity index is 787. The maximum atomic E-state index is 13.9. The first-order valence-electron chi connectivity index (χ1n) is 8.39. The van der Waals surface area contributed by atoms with E-state index in [2.05, 4.69) is 15.3 Å². The number of ether oxygens (including phenoxy) is 1. The number of hydrogen-bond donors (Lipinski definition) is 1. The molecule has 1 amide bonds. The van der Waals surface area contributed by atoms with Crippen molar-refractivity contribution in [1.82, 2.24) is 15.3 Å². The second kappa shape index (κ2) is 7.86. The van der Waals surface area contributed by atoms with Gasteiger partial charge in [0.05, 0.1) is 18.8 Å². The van der Waals surface area contributed by atoms with Crippen LogP contribution in [0.25, 0.3) is 0 Å². The van der Waals surface area contributed by atoms with Crippen LogP contribution in [-0.4, -0.2) is 35.1 Å². The largest absolute Gasteiger partial charge is 0.489 e. The van der Waals surface area contributed by atoms with Crippen molar-refractivity contribution >= 4 is 23.3 Å². The Balaban J connectivity index is 1.60. The number of benzene rings is 1. The highest BCUT2D eigenvalue weighted by Crippen LogP contribution is 2.25. The molecule has 2 aromatic rings. The first kappa shape index (κ1) is 18.4. The van der Waals surface area contributed by atoms with Crippen molar-refractivity contribution in [1.29, 1.82) is 0 Å². The van der Waals surface area contributed by atoms with Crippen LogP contribution in [0.2, 0.25) is 5.28 Å². The molecule has 26 heavy (non-hydrogen) atoms. The highest BCUT2D eigenvalue weighted by molar-refractivity contribution is 6.28. The van der Waals surface area contributed by atoms with Crippen LogP contribution in [0.15, 0.2) is 30.5 Å². The van der Waals surface area contributed by atoms with Crippen molar-refractivity contribution in [2.75, 3.05) is 18.0 Å². The van der Waals surface area contributed by atoms with Gasteiger partial charge in [0.1, 0.15) is 11.9 Å². The van der Waals surface area contributed by atoms with E-state index in [9.17, 15) is 9.18 Å². The predicted molar refractivity (Wildman–Crippen MR) is 96.9 cm³/mol. The second-order valence-corrected chi connectivity index (χ2v) is 6.61. The fourth-order valence-corrected chi connectivity index (χ4v) is 3.12. The third-order valence-electron chi connectivity index (χ3n) is 4.24. The van der Waals surface area contributed by atoms with E-state index in [0.29, 0.717) is 13.1 Å². The van der Waals surface area contributed by atoms with E-state index in [4.69, 9.17) is 16.3 Å². The molecular formula is C18H20ClFN4O2. The lowest BCUT2D eigenvalue weighted by atomic mass is 10.1. The summed E-state index contributed by atoms with van der Waals surface area (Å²) in [6.07, 6.45) is 1.76. The van der Waals surface area contributed by atoms with E-state index < -0.39 is 5.82 Å². The zero-order valence-corrected chi connectivity index (χ0v) is 15.3. The van der Waals surface area contributed by atoms with E-state index in [1.54, 1.807) is 4.90 Å². The summed E-state index contributed by atoms with van der Waals surface area (Å²) < 4.78 is 19.9. The summed E-state index contributed by atoms with van der Waals surface area (Å²) in [5.74, 6) is 0.375. The van der Waals surface area contributed by atoms with Gasteiger partial charge in [0.15, 0.2) is 11.6 Å². The first-order valence-corrected chi connectivity index (χ1v) is 8.77. The summed E-state index contributed by atoms with van der Waals surface area (Å²) in [5, 5.41) is 2.86. The van der Waals surface area contributed by atoms with Gasteiger partial charge >= 0.3 is 0 Å². The van der Waals surface area contributed by atoms with Gasteiger partial charge < -0.3 is 15.0 Å². The van der Waals surface area contributed by atoms with Crippen LogP contribution >= 0.6 is 11.6 Å². The molecule has 1 saturated heterocycles. The van der Waals surface area contributed by atoms with E-state index in [0.717, 1.165) is 23.9 Å². The molecule has 0 saturated carbocycles. The third-order valence-corrected chi connectivity index (χ3v) is 4.43. The minimum atomic E-state index is -0.494. The van der Waals surface area contributed by atoms with E-state index in [1.165, 1.54) is 6.92 Å². The fraction of sp³-hybridized carbons (Fsp3) is 0.389. The summed E-state index contributed by atoms with van der Waals surface area (Å²) in [7, 11) is 0. The normalized spacial score (nSPS) is 17.8. The molecule has 1 N–H and O–H groups in total. The lowest BCUT2D eigenvalue weighted by Gasteiger charge is -2.19. The Kier molecular flexibility index (Phi) is 5.56. The van der Waals surface area contributed by atoms with E-state index >= 15 is 0 Å². The number of amides is 1. The highest BCUT2D eigenvalue weighted by atomic mass is 35.5. The monoisotopic (exact) mass is 378 g/mol. The van der Waals surface area contributed by atoms with Crippen molar-refractivity contribution in [3.63, 3.8) is 0 Å². The van der Waals surface area contributed by atoms with Gasteiger partial charge in [-0.3, -0.25) is 4.79 Å². The Morgan fingerprint density at radius 3 is 2.85 bits per heavy atom. The number of anilines is 1. The van der Waals surface area contributed by atoms with Gasteiger partial charge in [0, 0.05) is 19.9 Å². The lowest BCUT2D eigenvalue weighted by molar-refractivity contribution is -0.119. The van der Waals surface area contributed by atoms with Crippen LogP contribution in [0.4, 0.5) is 10.2 Å². The van der Waals surface area contributed by atoms with Crippen molar-refractivity contribution < 1.29 is 13.9 Å². The van der Waals surface area contributed by atoms with Crippen molar-refractivity contribution in [3.05, 3.63) is 47.1 Å². The fourth-order valence-electron chi connectivity index (χ4n) is 2.99. The molecule has 2 heterocycles. The van der Waals surface area contributed by atoms with Crippen LogP contribution < -0.4 is 15.0 Å². The molecule has 3 rings (SSSR count). The van der Waals surface area contributed by atoms with Crippen LogP contribution in [-0.2, 0) is 4.79 Å². The zero-order valence-electron chi connectivity index (χ0n) is 14.6. The van der Waals surface area contributed by atoms with Gasteiger partial charge in [-0.15, -0.1) is 0 Å². The summed E-state index contributed by atoms with van der Waals surface area (Å²) >= 11 is 5.76. The van der Waals surface area contributed by atoms with Gasteiger partial charge in [-0.25, -0.2) is 9.37 Å². The van der Waals surface area contributed by atoms with Crippen LogP contribution in [0, 0.1) is 5.82 Å². The molecule has 1 aromatic carbocycles. The number of rotatable bonds is 5. The van der Waals surface area contributed by atoms with Crippen molar-refractivity contribution in [2.24, 2.45) is 0 Å². The smallest absolute Gasteiger partial charge is 0.224 e. The van der Waals surface area contributed by atoms with Gasteiger partial charge in [-0.05, 0) is 36.2 Å². The molecule has 2 atom stereocenters. The average Bonchev–Trinajstić information content (AvgIpc) is 3.05. The maximum Gasteiger partial charge on any atom is 0.224 e. The minimum Gasteiger partial charge on any atom is -0.489 e. The van der Waals surface area contributed by atoms with Crippen LogP contribution in [0.5, 0.6) is 5.75 Å². The molecule has 138 valence electrons. The standard InChI is InChI=1S/C18H20ClFN4O2/c1-11(22-12(2)25)13-3-5-14(6-4-13)26-15-7-8-24(10-15)17-16(20)9-21-18(19)23-17/h3-6,9,11,15H,7-8,10H2,1-2H3,(H,22,25)/t11-,15+/m0/s1. The molecule has 0 spiro atoms. The molecule has 0 radical (unpaired) electrons. The van der Waals surface area contributed by atoms with Gasteiger partial charge in [0.25, 0.3) is 0 Å². The maximum absolute atomic E-state index is 13.9. The van der Waals surface area contributed by atoms with Crippen molar-refractivity contribution in [3.8, 4) is 5.75 Å². The van der Waals surface area contributed by atoms with Crippen molar-refractivity contribution in [2.45, 2.75) is 32.4 Å². The number of carbonyl (C=O) groups excluding carboxylic acids is 1. The number of hydrogen-bond acceptors (Lipinski definition) is 5. The molecule has 1 aliphatic heterocycles. The lowest BCUT2D eigenvalue weighted by Crippen LogP contribution is -2.26. The topological polar surface area (TPSA) is 67.3 Å². The van der Waals surface area contributed by atoms with Crippen LogP contribution in [0.3, 0.4) is 0 Å². The molecular weight excluding hydrogens is 359 g/mol. The SMILES string of the molecule is CC(=O)N[C@@H](C)c1ccc(O[C@@H]2CCN(c3nc(Cl)ncc3F)C2)cc1.